The number of alkyl carbamates (subject to hydrolysis) is 1. The molecule has 0 bridgehead atoms. The van der Waals surface area contributed by atoms with Gasteiger partial charge in [0.15, 0.2) is 0 Å². The number of guanidine groups is 1. The van der Waals surface area contributed by atoms with Crippen molar-refractivity contribution < 1.29 is 37.4 Å². The maximum atomic E-state index is 15.1. The highest BCUT2D eigenvalue weighted by Gasteiger charge is 2.27. The van der Waals surface area contributed by atoms with Crippen molar-refractivity contribution in [2.45, 2.75) is 78.6 Å². The maximum absolute atomic E-state index is 15.1. The fourth-order valence-electron chi connectivity index (χ4n) is 3.83. The van der Waals surface area contributed by atoms with Gasteiger partial charge < -0.3 is 24.4 Å². The Balaban J connectivity index is 2.25. The highest BCUT2D eigenvalue weighted by atomic mass is 19.1. The summed E-state index contributed by atoms with van der Waals surface area (Å²) in [6.45, 7) is 15.7. The van der Waals surface area contributed by atoms with E-state index in [2.05, 4.69) is 22.2 Å². The minimum Gasteiger partial charge on any atom is -0.502 e. The summed E-state index contributed by atoms with van der Waals surface area (Å²) in [6.07, 6.45) is 0.298. The molecular weight excluding hydrogens is 538 g/mol. The highest BCUT2D eigenvalue weighted by Crippen LogP contribution is 2.28. The van der Waals surface area contributed by atoms with Gasteiger partial charge in [0.05, 0.1) is 12.9 Å². The predicted octanol–water partition coefficient (Wildman–Crippen LogP) is 5.54. The normalized spacial score (nSPS) is 14.9. The molecule has 0 radical (unpaired) electrons. The van der Waals surface area contributed by atoms with Crippen molar-refractivity contribution in [1.82, 2.24) is 15.5 Å². The van der Waals surface area contributed by atoms with Crippen LogP contribution >= 0.6 is 0 Å². The number of carbonyl (C=O) groups excluding carboxylic acids is 3. The van der Waals surface area contributed by atoms with Gasteiger partial charge in [-0.3, -0.25) is 10.1 Å². The number of methoxy groups -OCH3 is 1. The van der Waals surface area contributed by atoms with Crippen molar-refractivity contribution in [2.75, 3.05) is 20.2 Å². The van der Waals surface area contributed by atoms with Gasteiger partial charge in [-0.25, -0.2) is 18.4 Å². The van der Waals surface area contributed by atoms with E-state index in [4.69, 9.17) is 14.2 Å². The van der Waals surface area contributed by atoms with Crippen molar-refractivity contribution in [3.8, 4) is 0 Å². The molecule has 10 nitrogen and oxygen atoms in total. The first-order valence-electron chi connectivity index (χ1n) is 13.2. The first kappa shape index (κ1) is 33.2. The molecule has 0 aromatic heterocycles. The molecule has 1 heterocycles. The van der Waals surface area contributed by atoms with E-state index in [1.54, 1.807) is 59.4 Å². The smallest absolute Gasteiger partial charge is 0.437 e. The molecule has 0 spiro atoms. The molecule has 1 aliphatic rings. The lowest BCUT2D eigenvalue weighted by molar-refractivity contribution is 0.0554. The number of nitrogens with one attached hydrogen (secondary N) is 2. The lowest BCUT2D eigenvalue weighted by Crippen LogP contribution is -2.48. The van der Waals surface area contributed by atoms with Crippen LogP contribution in [0.1, 0.15) is 77.2 Å². The second-order valence-corrected chi connectivity index (χ2v) is 11.6. The van der Waals surface area contributed by atoms with Crippen LogP contribution < -0.4 is 10.6 Å². The van der Waals surface area contributed by atoms with Crippen LogP contribution in [0.2, 0.25) is 0 Å². The van der Waals surface area contributed by atoms with Gasteiger partial charge in [-0.1, -0.05) is 12.7 Å². The molecule has 0 aliphatic carbocycles. The van der Waals surface area contributed by atoms with E-state index in [1.165, 1.54) is 7.11 Å². The molecule has 1 unspecified atom stereocenters. The van der Waals surface area contributed by atoms with Crippen LogP contribution in [0.15, 0.2) is 35.5 Å². The highest BCUT2D eigenvalue weighted by molar-refractivity contribution is 5.99. The summed E-state index contributed by atoms with van der Waals surface area (Å²) in [4.78, 5) is 42.8. The lowest BCUT2D eigenvalue weighted by atomic mass is 9.97. The fraction of sp³-hybridized carbons (Fsp3) is 0.517. The molecule has 41 heavy (non-hydrogen) atoms. The van der Waals surface area contributed by atoms with E-state index in [1.807, 2.05) is 0 Å². The van der Waals surface area contributed by atoms with Crippen molar-refractivity contribution in [2.24, 2.45) is 4.99 Å². The second kappa shape index (κ2) is 13.6. The van der Waals surface area contributed by atoms with Crippen LogP contribution in [0.25, 0.3) is 5.57 Å². The van der Waals surface area contributed by atoms with E-state index in [9.17, 15) is 14.4 Å². The Kier molecular flexibility index (Phi) is 11.0. The van der Waals surface area contributed by atoms with Gasteiger partial charge in [-0.2, -0.15) is 0 Å². The largest absolute Gasteiger partial charge is 0.502 e. The minimum atomic E-state index is -0.926. The topological polar surface area (TPSA) is 119 Å². The number of amides is 3. The number of nitrogens with zero attached hydrogens (tertiary/aromatic N) is 2. The summed E-state index contributed by atoms with van der Waals surface area (Å²) in [6, 6.07) is 1.61. The first-order valence-corrected chi connectivity index (χ1v) is 13.2. The average Bonchev–Trinajstić information content (AvgIpc) is 2.81. The molecule has 0 saturated heterocycles. The Hall–Kier alpha value is -3.96. The number of aliphatic imine (C=N–C) groups is 1. The molecule has 1 aliphatic heterocycles. The summed E-state index contributed by atoms with van der Waals surface area (Å²) in [5.41, 5.74) is -1.67. The standard InChI is InChI=1S/C29H40F2N4O6/c1-17(14-18(2)39-9)32-24(36)20-15-21(30)23(22(31)16-20)19-10-12-35(13-11-19)25(33-26(37)40-28(3,4)5)34-27(38)41-29(6,7)8/h10,15-17H,2,11-14H2,1,3-9H3,(H,32,36)(H,33,34,37,38). The summed E-state index contributed by atoms with van der Waals surface area (Å²) in [5.74, 6) is -2.08. The van der Waals surface area contributed by atoms with Crippen molar-refractivity contribution in [1.29, 1.82) is 0 Å². The van der Waals surface area contributed by atoms with Gasteiger partial charge in [-0.05, 0) is 72.6 Å². The van der Waals surface area contributed by atoms with E-state index in [0.29, 0.717) is 17.8 Å². The molecule has 0 saturated carbocycles. The Morgan fingerprint density at radius 2 is 1.66 bits per heavy atom. The molecule has 226 valence electrons. The Labute approximate surface area is 239 Å². The molecule has 1 atom stereocenters. The van der Waals surface area contributed by atoms with Gasteiger partial charge >= 0.3 is 12.2 Å². The maximum Gasteiger partial charge on any atom is 0.437 e. The summed E-state index contributed by atoms with van der Waals surface area (Å²) >= 11 is 0. The zero-order chi connectivity index (χ0) is 31.1. The van der Waals surface area contributed by atoms with Crippen molar-refractivity contribution in [3.05, 3.63) is 53.3 Å². The first-order chi connectivity index (χ1) is 18.9. The molecule has 0 fully saturated rings. The average molecular weight is 579 g/mol. The number of ether oxygens (including phenoxy) is 3. The van der Waals surface area contributed by atoms with Crippen LogP contribution in [0.3, 0.4) is 0 Å². The van der Waals surface area contributed by atoms with Gasteiger partial charge in [0, 0.05) is 36.7 Å². The van der Waals surface area contributed by atoms with E-state index in [-0.39, 0.29) is 42.6 Å². The number of rotatable bonds is 6. The molecule has 2 N–H and O–H groups in total. The van der Waals surface area contributed by atoms with E-state index < -0.39 is 40.9 Å². The third kappa shape index (κ3) is 10.8. The summed E-state index contributed by atoms with van der Waals surface area (Å²) in [5, 5.41) is 5.13. The predicted molar refractivity (Wildman–Crippen MR) is 151 cm³/mol. The molecule has 1 aromatic carbocycles. The van der Waals surface area contributed by atoms with Crippen molar-refractivity contribution in [3.63, 3.8) is 0 Å². The quantitative estimate of drug-likeness (QED) is 0.259. The summed E-state index contributed by atoms with van der Waals surface area (Å²) < 4.78 is 45.7. The van der Waals surface area contributed by atoms with Crippen LogP contribution in [-0.4, -0.2) is 66.4 Å². The third-order valence-electron chi connectivity index (χ3n) is 5.54. The monoisotopic (exact) mass is 578 g/mol. The lowest BCUT2D eigenvalue weighted by Gasteiger charge is -2.30. The van der Waals surface area contributed by atoms with Gasteiger partial charge in [0.25, 0.3) is 5.91 Å². The molecule has 3 amide bonds. The molecule has 2 rings (SSSR count). The van der Waals surface area contributed by atoms with Gasteiger partial charge in [0.1, 0.15) is 22.8 Å². The number of hydrogen-bond acceptors (Lipinski definition) is 6. The van der Waals surface area contributed by atoms with Gasteiger partial charge in [-0.15, -0.1) is 4.99 Å². The number of carbonyl (C=O) groups is 3. The third-order valence-corrected chi connectivity index (χ3v) is 5.54. The SMILES string of the molecule is C=C(CC(C)NC(=O)c1cc(F)c(C2=CCN(/C(=N\C(=O)OC(C)(C)C)NC(=O)OC(C)(C)C)CC2)c(F)c1)OC. The number of hydrogen-bond donors (Lipinski definition) is 2. The van der Waals surface area contributed by atoms with Crippen LogP contribution in [0, 0.1) is 11.6 Å². The van der Waals surface area contributed by atoms with Crippen LogP contribution in [-0.2, 0) is 14.2 Å². The zero-order valence-corrected chi connectivity index (χ0v) is 24.9. The second-order valence-electron chi connectivity index (χ2n) is 11.6. The summed E-state index contributed by atoms with van der Waals surface area (Å²) in [7, 11) is 1.46. The fourth-order valence-corrected chi connectivity index (χ4v) is 3.83. The Morgan fingerprint density at radius 3 is 2.15 bits per heavy atom. The number of halogens is 2. The van der Waals surface area contributed by atoms with E-state index >= 15 is 8.78 Å². The Morgan fingerprint density at radius 1 is 1.07 bits per heavy atom. The van der Waals surface area contributed by atoms with Crippen LogP contribution in [0.4, 0.5) is 18.4 Å². The van der Waals surface area contributed by atoms with Gasteiger partial charge in [0.2, 0.25) is 5.96 Å². The molecular formula is C29H40F2N4O6. The molecule has 1 aromatic rings. The van der Waals surface area contributed by atoms with Crippen molar-refractivity contribution >= 4 is 29.6 Å². The minimum absolute atomic E-state index is 0.0643. The zero-order valence-electron chi connectivity index (χ0n) is 24.9. The number of benzene rings is 1. The Bertz CT molecular complexity index is 1210. The van der Waals surface area contributed by atoms with E-state index in [0.717, 1.165) is 12.1 Å². The molecule has 12 heteroatoms. The van der Waals surface area contributed by atoms with Crippen LogP contribution in [0.5, 0.6) is 0 Å².